The minimum atomic E-state index is -3.56. The Morgan fingerprint density at radius 3 is 2.36 bits per heavy atom. The predicted molar refractivity (Wildman–Crippen MR) is 112 cm³/mol. The standard InChI is InChI=1S/C21H29N3O3S/c1-5-24(6-2)28(26,27)19-13-12-16(3)20(14-19)23-21(25)15-22-17(4)18-10-8-7-9-11-18/h7-14,17,22H,5-6,15H2,1-4H3,(H,23,25)/p+1/t17-/m1/s1. The van der Waals surface area contributed by atoms with Gasteiger partial charge in [-0.1, -0.05) is 50.2 Å². The molecule has 1 atom stereocenters. The molecule has 6 nitrogen and oxygen atoms in total. The summed E-state index contributed by atoms with van der Waals surface area (Å²) in [7, 11) is -3.56. The number of benzene rings is 2. The van der Waals surface area contributed by atoms with Crippen molar-refractivity contribution in [1.29, 1.82) is 0 Å². The Hall–Kier alpha value is -2.22. The summed E-state index contributed by atoms with van der Waals surface area (Å²) in [5.74, 6) is -0.164. The first-order chi connectivity index (χ1) is 13.3. The van der Waals surface area contributed by atoms with E-state index >= 15 is 0 Å². The Bertz CT molecular complexity index is 894. The van der Waals surface area contributed by atoms with Crippen LogP contribution in [-0.4, -0.2) is 38.3 Å². The van der Waals surface area contributed by atoms with Crippen molar-refractivity contribution in [3.8, 4) is 0 Å². The van der Waals surface area contributed by atoms with Crippen LogP contribution in [0.2, 0.25) is 0 Å². The number of sulfonamides is 1. The predicted octanol–water partition coefficient (Wildman–Crippen LogP) is 2.29. The number of amides is 1. The molecule has 7 heteroatoms. The van der Waals surface area contributed by atoms with Crippen LogP contribution in [-0.2, 0) is 14.8 Å². The second-order valence-corrected chi connectivity index (χ2v) is 8.69. The van der Waals surface area contributed by atoms with E-state index in [0.29, 0.717) is 18.8 Å². The molecule has 0 radical (unpaired) electrons. The van der Waals surface area contributed by atoms with Crippen molar-refractivity contribution in [1.82, 2.24) is 4.31 Å². The summed E-state index contributed by atoms with van der Waals surface area (Å²) >= 11 is 0. The fourth-order valence-electron chi connectivity index (χ4n) is 2.99. The molecule has 2 aromatic rings. The van der Waals surface area contributed by atoms with E-state index < -0.39 is 10.0 Å². The molecule has 28 heavy (non-hydrogen) atoms. The van der Waals surface area contributed by atoms with Gasteiger partial charge in [0.2, 0.25) is 10.0 Å². The first-order valence-electron chi connectivity index (χ1n) is 9.58. The third-order valence-corrected chi connectivity index (χ3v) is 6.85. The molecule has 0 saturated carbocycles. The van der Waals surface area contributed by atoms with Crippen molar-refractivity contribution in [3.63, 3.8) is 0 Å². The highest BCUT2D eigenvalue weighted by atomic mass is 32.2. The number of nitrogens with two attached hydrogens (primary N) is 1. The van der Waals surface area contributed by atoms with E-state index in [0.717, 1.165) is 11.1 Å². The van der Waals surface area contributed by atoms with E-state index in [1.165, 1.54) is 4.31 Å². The maximum absolute atomic E-state index is 12.7. The van der Waals surface area contributed by atoms with Gasteiger partial charge >= 0.3 is 0 Å². The van der Waals surface area contributed by atoms with E-state index in [9.17, 15) is 13.2 Å². The van der Waals surface area contributed by atoms with Crippen molar-refractivity contribution in [2.24, 2.45) is 0 Å². The largest absolute Gasteiger partial charge is 0.333 e. The van der Waals surface area contributed by atoms with E-state index in [-0.39, 0.29) is 23.4 Å². The Morgan fingerprint density at radius 1 is 1.11 bits per heavy atom. The molecule has 0 aromatic heterocycles. The van der Waals surface area contributed by atoms with Gasteiger partial charge in [-0.2, -0.15) is 4.31 Å². The van der Waals surface area contributed by atoms with Gasteiger partial charge in [0.15, 0.2) is 6.54 Å². The molecule has 3 N–H and O–H groups in total. The number of nitrogens with one attached hydrogen (secondary N) is 1. The fraction of sp³-hybridized carbons (Fsp3) is 0.381. The number of hydrogen-bond acceptors (Lipinski definition) is 3. The number of carbonyl (C=O) groups is 1. The van der Waals surface area contributed by atoms with Gasteiger partial charge in [-0.15, -0.1) is 0 Å². The van der Waals surface area contributed by atoms with Gasteiger partial charge in [0.05, 0.1) is 4.90 Å². The molecule has 0 aliphatic carbocycles. The van der Waals surface area contributed by atoms with Crippen molar-refractivity contribution >= 4 is 21.6 Å². The van der Waals surface area contributed by atoms with Crippen LogP contribution in [0, 0.1) is 6.92 Å². The average Bonchev–Trinajstić information content (AvgIpc) is 2.69. The summed E-state index contributed by atoms with van der Waals surface area (Å²) in [6, 6.07) is 15.0. The molecule has 0 heterocycles. The molecule has 0 spiro atoms. The number of rotatable bonds is 9. The van der Waals surface area contributed by atoms with Crippen LogP contribution in [0.5, 0.6) is 0 Å². The van der Waals surface area contributed by atoms with E-state index in [2.05, 4.69) is 5.32 Å². The monoisotopic (exact) mass is 404 g/mol. The van der Waals surface area contributed by atoms with Gasteiger partial charge in [0, 0.05) is 24.3 Å². The third kappa shape index (κ3) is 5.41. The molecule has 0 aliphatic rings. The van der Waals surface area contributed by atoms with Crippen LogP contribution >= 0.6 is 0 Å². The molecule has 2 aromatic carbocycles. The Labute approximate surface area is 168 Å². The van der Waals surface area contributed by atoms with Crippen molar-refractivity contribution in [3.05, 3.63) is 59.7 Å². The zero-order chi connectivity index (χ0) is 20.7. The maximum atomic E-state index is 12.7. The minimum Gasteiger partial charge on any atom is -0.333 e. The summed E-state index contributed by atoms with van der Waals surface area (Å²) in [4.78, 5) is 12.6. The highest BCUT2D eigenvalue weighted by Crippen LogP contribution is 2.23. The zero-order valence-corrected chi connectivity index (χ0v) is 17.8. The average molecular weight is 405 g/mol. The van der Waals surface area contributed by atoms with Gasteiger partial charge < -0.3 is 10.6 Å². The van der Waals surface area contributed by atoms with Gasteiger partial charge in [-0.3, -0.25) is 4.79 Å². The number of hydrogen-bond donors (Lipinski definition) is 2. The lowest BCUT2D eigenvalue weighted by Crippen LogP contribution is -2.86. The molecule has 0 fully saturated rings. The summed E-state index contributed by atoms with van der Waals surface area (Å²) < 4.78 is 26.8. The van der Waals surface area contributed by atoms with Gasteiger partial charge in [0.1, 0.15) is 6.04 Å². The lowest BCUT2D eigenvalue weighted by Gasteiger charge is -2.19. The Kier molecular flexibility index (Phi) is 7.74. The maximum Gasteiger partial charge on any atom is 0.279 e. The first kappa shape index (κ1) is 22.1. The molecule has 0 unspecified atom stereocenters. The lowest BCUT2D eigenvalue weighted by atomic mass is 10.1. The Balaban J connectivity index is 2.08. The van der Waals surface area contributed by atoms with Crippen LogP contribution in [0.25, 0.3) is 0 Å². The number of aryl methyl sites for hydroxylation is 1. The van der Waals surface area contributed by atoms with Gasteiger partial charge in [0.25, 0.3) is 5.91 Å². The summed E-state index contributed by atoms with van der Waals surface area (Å²) in [5.41, 5.74) is 2.50. The SMILES string of the molecule is CCN(CC)S(=O)(=O)c1ccc(C)c(NC(=O)C[NH2+][C@H](C)c2ccccc2)c1. The van der Waals surface area contributed by atoms with E-state index in [4.69, 9.17) is 0 Å². The minimum absolute atomic E-state index is 0.155. The second kappa shape index (κ2) is 9.82. The van der Waals surface area contributed by atoms with Crippen molar-refractivity contribution < 1.29 is 18.5 Å². The zero-order valence-electron chi connectivity index (χ0n) is 17.0. The Morgan fingerprint density at radius 2 is 1.75 bits per heavy atom. The summed E-state index contributed by atoms with van der Waals surface area (Å²) in [5, 5.41) is 4.81. The molecular formula is C21H30N3O3S+. The molecule has 0 aliphatic heterocycles. The topological polar surface area (TPSA) is 83.1 Å². The van der Waals surface area contributed by atoms with Crippen LogP contribution in [0.4, 0.5) is 5.69 Å². The highest BCUT2D eigenvalue weighted by molar-refractivity contribution is 7.89. The van der Waals surface area contributed by atoms with Gasteiger partial charge in [-0.25, -0.2) is 8.42 Å². The molecule has 1 amide bonds. The molecule has 0 bridgehead atoms. The van der Waals surface area contributed by atoms with Crippen LogP contribution in [0.1, 0.15) is 37.9 Å². The molecule has 152 valence electrons. The second-order valence-electron chi connectivity index (χ2n) is 6.75. The molecular weight excluding hydrogens is 374 g/mol. The van der Waals surface area contributed by atoms with E-state index in [1.807, 2.05) is 63.3 Å². The summed E-state index contributed by atoms with van der Waals surface area (Å²) in [6.07, 6.45) is 0. The molecule has 0 saturated heterocycles. The van der Waals surface area contributed by atoms with E-state index in [1.54, 1.807) is 18.2 Å². The fourth-order valence-corrected chi connectivity index (χ4v) is 4.47. The van der Waals surface area contributed by atoms with Crippen LogP contribution in [0.3, 0.4) is 0 Å². The van der Waals surface area contributed by atoms with Crippen LogP contribution in [0.15, 0.2) is 53.4 Å². The summed E-state index contributed by atoms with van der Waals surface area (Å²) in [6.45, 7) is 8.57. The first-order valence-corrected chi connectivity index (χ1v) is 11.0. The normalized spacial score (nSPS) is 12.8. The van der Waals surface area contributed by atoms with Crippen molar-refractivity contribution in [2.45, 2.75) is 38.6 Å². The van der Waals surface area contributed by atoms with Crippen molar-refractivity contribution in [2.75, 3.05) is 25.0 Å². The number of anilines is 1. The number of quaternary nitrogens is 1. The lowest BCUT2D eigenvalue weighted by molar-refractivity contribution is -0.682. The number of nitrogens with zero attached hydrogens (tertiary/aromatic N) is 1. The smallest absolute Gasteiger partial charge is 0.279 e. The highest BCUT2D eigenvalue weighted by Gasteiger charge is 2.22. The third-order valence-electron chi connectivity index (χ3n) is 4.81. The number of carbonyl (C=O) groups excluding carboxylic acids is 1. The quantitative estimate of drug-likeness (QED) is 0.673. The molecule has 2 rings (SSSR count). The van der Waals surface area contributed by atoms with Crippen LogP contribution < -0.4 is 10.6 Å². The van der Waals surface area contributed by atoms with Gasteiger partial charge in [-0.05, 0) is 31.5 Å².